The largest absolute Gasteiger partial charge is 0.426 e. The van der Waals surface area contributed by atoms with Gasteiger partial charge in [-0.2, -0.15) is 0 Å². The van der Waals surface area contributed by atoms with E-state index in [1.54, 1.807) is 19.1 Å². The lowest BCUT2D eigenvalue weighted by molar-refractivity contribution is -0.182. The number of amides is 2. The van der Waals surface area contributed by atoms with Crippen LogP contribution in [0.3, 0.4) is 0 Å². The van der Waals surface area contributed by atoms with Crippen molar-refractivity contribution < 1.29 is 33.9 Å². The molecule has 3 rings (SSSR count). The van der Waals surface area contributed by atoms with Crippen LogP contribution in [0.5, 0.6) is 0 Å². The van der Waals surface area contributed by atoms with Crippen LogP contribution in [-0.2, 0) is 28.7 Å². The van der Waals surface area contributed by atoms with Gasteiger partial charge in [-0.05, 0) is 12.5 Å². The van der Waals surface area contributed by atoms with Gasteiger partial charge in [0.15, 0.2) is 10.8 Å². The number of oxime groups is 1. The Bertz CT molecular complexity index is 1080. The molecule has 1 unspecified atom stereocenters. The van der Waals surface area contributed by atoms with Crippen molar-refractivity contribution in [2.75, 3.05) is 11.5 Å². The van der Waals surface area contributed by atoms with Crippen LogP contribution >= 0.6 is 23.1 Å². The van der Waals surface area contributed by atoms with Crippen LogP contribution < -0.4 is 11.1 Å². The van der Waals surface area contributed by atoms with Gasteiger partial charge >= 0.3 is 11.9 Å². The number of thiazole rings is 1. The molecular formula is C19H21N5O7S2. The summed E-state index contributed by atoms with van der Waals surface area (Å²) in [5, 5.41) is 15.8. The number of allylic oxidation sites excluding steroid dienone is 2. The molecule has 2 aliphatic rings. The Labute approximate surface area is 196 Å². The van der Waals surface area contributed by atoms with Gasteiger partial charge in [0.2, 0.25) is 6.29 Å². The predicted octanol–water partition coefficient (Wildman–Crippen LogP) is 0.586. The van der Waals surface area contributed by atoms with Crippen LogP contribution in [0.1, 0.15) is 26.5 Å². The molecular weight excluding hydrogens is 474 g/mol. The first-order valence-corrected chi connectivity index (χ1v) is 11.5. The van der Waals surface area contributed by atoms with E-state index in [-0.39, 0.29) is 16.5 Å². The second-order valence-corrected chi connectivity index (χ2v) is 8.83. The average molecular weight is 496 g/mol. The number of aromatic nitrogens is 1. The van der Waals surface area contributed by atoms with Gasteiger partial charge in [0.05, 0.1) is 0 Å². The first-order chi connectivity index (χ1) is 15.7. The number of fused-ring (bicyclic) bond motifs is 1. The molecule has 0 saturated carbocycles. The molecule has 2 aliphatic heterocycles. The summed E-state index contributed by atoms with van der Waals surface area (Å²) in [6.07, 6.45) is 2.24. The van der Waals surface area contributed by atoms with Crippen molar-refractivity contribution >= 4 is 57.7 Å². The highest BCUT2D eigenvalue weighted by Crippen LogP contribution is 2.41. The minimum absolute atomic E-state index is 0.00896. The van der Waals surface area contributed by atoms with E-state index in [0.29, 0.717) is 11.3 Å². The van der Waals surface area contributed by atoms with Gasteiger partial charge in [-0.1, -0.05) is 17.3 Å². The van der Waals surface area contributed by atoms with Crippen molar-refractivity contribution in [1.82, 2.24) is 15.2 Å². The van der Waals surface area contributed by atoms with Crippen molar-refractivity contribution in [1.29, 1.82) is 0 Å². The predicted molar refractivity (Wildman–Crippen MR) is 119 cm³/mol. The van der Waals surface area contributed by atoms with Crippen LogP contribution in [0.2, 0.25) is 0 Å². The summed E-state index contributed by atoms with van der Waals surface area (Å²) < 4.78 is 10.0. The zero-order valence-corrected chi connectivity index (χ0v) is 19.4. The molecule has 0 radical (unpaired) electrons. The number of thioether (sulfide) groups is 1. The lowest BCUT2D eigenvalue weighted by atomic mass is 10.0. The minimum atomic E-state index is -1.15. The molecule has 2 amide bonds. The fourth-order valence-corrected chi connectivity index (χ4v) is 5.11. The molecule has 0 aromatic carbocycles. The number of rotatable bonds is 7. The van der Waals surface area contributed by atoms with Crippen molar-refractivity contribution in [2.24, 2.45) is 5.16 Å². The molecule has 14 heteroatoms. The molecule has 3 heterocycles. The topological polar surface area (TPSA) is 174 Å². The van der Waals surface area contributed by atoms with Crippen LogP contribution in [0.4, 0.5) is 5.13 Å². The second-order valence-electron chi connectivity index (χ2n) is 6.84. The van der Waals surface area contributed by atoms with Gasteiger partial charge in [0.1, 0.15) is 22.8 Å². The van der Waals surface area contributed by atoms with Crippen LogP contribution in [0, 0.1) is 0 Å². The SMILES string of the molecule is C/C=C\C1=C(C(=O)OC(C)OC(C)=O)N2C(=O)[C@@H](NC(=O)/C(=N\O)c3csc(N)n3)[C@@H]2SC1. The Morgan fingerprint density at radius 1 is 1.42 bits per heavy atom. The van der Waals surface area contributed by atoms with Gasteiger partial charge in [0.25, 0.3) is 11.8 Å². The molecule has 0 aliphatic carbocycles. The summed E-state index contributed by atoms with van der Waals surface area (Å²) in [4.78, 5) is 54.6. The number of ether oxygens (including phenoxy) is 2. The smallest absolute Gasteiger partial charge is 0.358 e. The number of hydrogen-bond donors (Lipinski definition) is 3. The number of esters is 2. The highest BCUT2D eigenvalue weighted by atomic mass is 32.2. The summed E-state index contributed by atoms with van der Waals surface area (Å²) in [5.74, 6) is -2.47. The molecule has 33 heavy (non-hydrogen) atoms. The number of β-lactam (4-membered cyclic amide) rings is 1. The fraction of sp³-hybridized carbons (Fsp3) is 0.368. The van der Waals surface area contributed by atoms with Crippen molar-refractivity contribution in [3.8, 4) is 0 Å². The Balaban J connectivity index is 1.78. The number of nitrogens with zero attached hydrogens (tertiary/aromatic N) is 3. The summed E-state index contributed by atoms with van der Waals surface area (Å²) in [7, 11) is 0. The number of carbonyl (C=O) groups is 4. The average Bonchev–Trinajstić information content (AvgIpc) is 3.17. The number of carbonyl (C=O) groups excluding carboxylic acids is 4. The monoisotopic (exact) mass is 495 g/mol. The molecule has 0 bridgehead atoms. The van der Waals surface area contributed by atoms with E-state index in [9.17, 15) is 24.4 Å². The van der Waals surface area contributed by atoms with Gasteiger partial charge in [-0.25, -0.2) is 9.78 Å². The van der Waals surface area contributed by atoms with E-state index < -0.39 is 47.2 Å². The number of anilines is 1. The zero-order chi connectivity index (χ0) is 24.3. The van der Waals surface area contributed by atoms with E-state index in [2.05, 4.69) is 15.5 Å². The van der Waals surface area contributed by atoms with Gasteiger partial charge in [-0.15, -0.1) is 23.1 Å². The number of nitrogens with one attached hydrogen (secondary N) is 1. The maximum absolute atomic E-state index is 12.9. The van der Waals surface area contributed by atoms with Crippen LogP contribution in [0.25, 0.3) is 0 Å². The van der Waals surface area contributed by atoms with Gasteiger partial charge < -0.3 is 25.7 Å². The van der Waals surface area contributed by atoms with Crippen molar-refractivity contribution in [3.05, 3.63) is 34.5 Å². The van der Waals surface area contributed by atoms with E-state index in [4.69, 9.17) is 15.2 Å². The number of hydrogen-bond acceptors (Lipinski definition) is 12. The Morgan fingerprint density at radius 2 is 2.15 bits per heavy atom. The Hall–Kier alpha value is -3.39. The summed E-state index contributed by atoms with van der Waals surface area (Å²) in [6, 6.07) is -0.976. The quantitative estimate of drug-likeness (QED) is 0.121. The number of nitrogens with two attached hydrogens (primary N) is 1. The van der Waals surface area contributed by atoms with Gasteiger partial charge in [0, 0.05) is 25.0 Å². The molecule has 12 nitrogen and oxygen atoms in total. The standard InChI is InChI=1S/C19H21N5O7S2/c1-4-5-10-6-32-17-13(22-15(26)12(23-29)11-7-33-19(20)21-11)16(27)24(17)14(10)18(28)31-9(3)30-8(2)25/h4-5,7,9,13,17,29H,6H2,1-3H3,(H2,20,21)(H,22,26)/b5-4-,23-12-/t9?,13-,17+/m1/s1. The molecule has 1 aromatic heterocycles. The Morgan fingerprint density at radius 3 is 2.73 bits per heavy atom. The van der Waals surface area contributed by atoms with E-state index in [1.165, 1.54) is 35.9 Å². The first kappa shape index (κ1) is 24.3. The molecule has 1 fully saturated rings. The lowest BCUT2D eigenvalue weighted by Gasteiger charge is -2.49. The molecule has 176 valence electrons. The zero-order valence-electron chi connectivity index (χ0n) is 17.8. The molecule has 1 aromatic rings. The third-order valence-electron chi connectivity index (χ3n) is 4.53. The highest BCUT2D eigenvalue weighted by molar-refractivity contribution is 8.00. The fourth-order valence-electron chi connectivity index (χ4n) is 3.24. The van der Waals surface area contributed by atoms with Gasteiger partial charge in [-0.3, -0.25) is 19.3 Å². The molecule has 4 N–H and O–H groups in total. The highest BCUT2D eigenvalue weighted by Gasteiger charge is 2.54. The summed E-state index contributed by atoms with van der Waals surface area (Å²) >= 11 is 2.40. The molecule has 3 atom stereocenters. The van der Waals surface area contributed by atoms with Crippen LogP contribution in [0.15, 0.2) is 34.0 Å². The normalized spacial score (nSPS) is 21.4. The maximum atomic E-state index is 12.9. The lowest BCUT2D eigenvalue weighted by Crippen LogP contribution is -2.71. The third kappa shape index (κ3) is 5.01. The maximum Gasteiger partial charge on any atom is 0.358 e. The second kappa shape index (κ2) is 10.0. The van der Waals surface area contributed by atoms with Crippen molar-refractivity contribution in [3.63, 3.8) is 0 Å². The summed E-state index contributed by atoms with van der Waals surface area (Å²) in [5.41, 5.74) is 5.78. The molecule has 1 saturated heterocycles. The number of nitrogen functional groups attached to an aromatic ring is 1. The minimum Gasteiger partial charge on any atom is -0.426 e. The van der Waals surface area contributed by atoms with E-state index in [1.807, 2.05) is 0 Å². The van der Waals surface area contributed by atoms with E-state index in [0.717, 1.165) is 11.3 Å². The van der Waals surface area contributed by atoms with Crippen LogP contribution in [-0.4, -0.2) is 68.0 Å². The summed E-state index contributed by atoms with van der Waals surface area (Å²) in [6.45, 7) is 4.32. The van der Waals surface area contributed by atoms with E-state index >= 15 is 0 Å². The van der Waals surface area contributed by atoms with Crippen molar-refractivity contribution in [2.45, 2.75) is 38.5 Å². The molecule has 0 spiro atoms. The first-order valence-electron chi connectivity index (χ1n) is 9.60. The third-order valence-corrected chi connectivity index (χ3v) is 6.51. The Kier molecular flexibility index (Phi) is 7.38.